The summed E-state index contributed by atoms with van der Waals surface area (Å²) in [6.07, 6.45) is 2.94. The van der Waals surface area contributed by atoms with Crippen molar-refractivity contribution in [2.45, 2.75) is 0 Å². The van der Waals surface area contributed by atoms with Gasteiger partial charge in [-0.05, 0) is 27.6 Å². The van der Waals surface area contributed by atoms with E-state index in [1.54, 1.807) is 18.2 Å². The average molecular weight is 253 g/mol. The van der Waals surface area contributed by atoms with Gasteiger partial charge >= 0.3 is 5.82 Å². The molecule has 19 heavy (non-hydrogen) atoms. The van der Waals surface area contributed by atoms with Crippen LogP contribution in [0.25, 0.3) is 11.1 Å². The molecule has 0 saturated heterocycles. The van der Waals surface area contributed by atoms with Crippen LogP contribution in [0.4, 0.5) is 5.82 Å². The van der Waals surface area contributed by atoms with E-state index in [0.717, 1.165) is 11.1 Å². The zero-order valence-corrected chi connectivity index (χ0v) is 9.61. The topological polar surface area (TPSA) is 85.5 Å². The molecule has 0 aliphatic carbocycles. The van der Waals surface area contributed by atoms with Gasteiger partial charge in [-0.3, -0.25) is 4.79 Å². The van der Waals surface area contributed by atoms with Crippen molar-refractivity contribution >= 4 is 17.9 Å². The number of carbonyl (C=O) groups excluding carboxylic acids is 1. The fraction of sp³-hybridized carbons (Fsp3) is 0. The summed E-state index contributed by atoms with van der Waals surface area (Å²) in [7, 11) is 0. The molecule has 6 nitrogen and oxygen atoms in total. The molecule has 0 N–H and O–H groups in total. The van der Waals surface area contributed by atoms with Crippen molar-refractivity contribution in [1.82, 2.24) is 4.98 Å². The van der Waals surface area contributed by atoms with E-state index in [1.807, 2.05) is 6.07 Å². The molecule has 0 radical (unpaired) electrons. The summed E-state index contributed by atoms with van der Waals surface area (Å²) in [5.41, 5.74) is 2.81. The Kier molecular flexibility index (Phi) is 2.42. The molecule has 2 heterocycles. The molecule has 0 bridgehead atoms. The molecule has 0 spiro atoms. The van der Waals surface area contributed by atoms with Crippen LogP contribution in [0, 0.1) is 10.1 Å². The lowest BCUT2D eigenvalue weighted by molar-refractivity contribution is -0.389. The Labute approximate surface area is 107 Å². The van der Waals surface area contributed by atoms with E-state index in [1.165, 1.54) is 18.5 Å². The zero-order valence-electron chi connectivity index (χ0n) is 9.61. The number of pyridine rings is 1. The van der Waals surface area contributed by atoms with Crippen molar-refractivity contribution in [3.63, 3.8) is 0 Å². The Morgan fingerprint density at radius 2 is 1.89 bits per heavy atom. The van der Waals surface area contributed by atoms with Crippen LogP contribution in [0.5, 0.6) is 0 Å². The number of hydrogen-bond donors (Lipinski definition) is 0. The highest BCUT2D eigenvalue weighted by atomic mass is 16.6. The van der Waals surface area contributed by atoms with Crippen molar-refractivity contribution in [3.05, 3.63) is 57.8 Å². The summed E-state index contributed by atoms with van der Waals surface area (Å²) < 4.78 is 0. The number of nitro groups is 1. The SMILES string of the molecule is O=C1N=Cc2ccc(-c3ccc([N+](=O)[O-])nc3)cc21. The maximum Gasteiger partial charge on any atom is 0.363 e. The maximum absolute atomic E-state index is 11.5. The molecule has 3 rings (SSSR count). The molecule has 92 valence electrons. The fourth-order valence-corrected chi connectivity index (χ4v) is 1.90. The Bertz CT molecular complexity index is 720. The molecule has 0 fully saturated rings. The number of hydrogen-bond acceptors (Lipinski definition) is 4. The number of aliphatic imine (C=N–C) groups is 1. The predicted octanol–water partition coefficient (Wildman–Crippen LogP) is 2.23. The third-order valence-electron chi connectivity index (χ3n) is 2.87. The average Bonchev–Trinajstić information content (AvgIpc) is 2.80. The first-order valence-electron chi connectivity index (χ1n) is 5.48. The molecule has 1 aliphatic rings. The van der Waals surface area contributed by atoms with Gasteiger partial charge in [0, 0.05) is 23.4 Å². The molecule has 1 aromatic carbocycles. The molecule has 1 amide bonds. The van der Waals surface area contributed by atoms with Crippen molar-refractivity contribution < 1.29 is 9.72 Å². The van der Waals surface area contributed by atoms with Crippen LogP contribution in [0.1, 0.15) is 15.9 Å². The molecular formula is C13H7N3O3. The first kappa shape index (κ1) is 11.2. The van der Waals surface area contributed by atoms with Crippen molar-refractivity contribution in [2.75, 3.05) is 0 Å². The summed E-state index contributed by atoms with van der Waals surface area (Å²) in [5.74, 6) is -0.476. The highest BCUT2D eigenvalue weighted by Crippen LogP contribution is 2.25. The van der Waals surface area contributed by atoms with Crippen molar-refractivity contribution in [1.29, 1.82) is 0 Å². The number of rotatable bonds is 2. The van der Waals surface area contributed by atoms with Gasteiger partial charge in [0.25, 0.3) is 5.91 Å². The van der Waals surface area contributed by atoms with Gasteiger partial charge < -0.3 is 10.1 Å². The molecular weight excluding hydrogens is 246 g/mol. The van der Waals surface area contributed by atoms with Gasteiger partial charge in [0.1, 0.15) is 6.20 Å². The van der Waals surface area contributed by atoms with Crippen LogP contribution in [-0.4, -0.2) is 22.0 Å². The number of nitrogens with zero attached hydrogens (tertiary/aromatic N) is 3. The summed E-state index contributed by atoms with van der Waals surface area (Å²) in [4.78, 5) is 28.9. The second-order valence-corrected chi connectivity index (χ2v) is 4.03. The zero-order chi connectivity index (χ0) is 13.4. The molecule has 0 saturated carbocycles. The number of benzene rings is 1. The highest BCUT2D eigenvalue weighted by molar-refractivity contribution is 6.13. The first-order chi connectivity index (χ1) is 9.15. The largest absolute Gasteiger partial charge is 0.363 e. The van der Waals surface area contributed by atoms with Gasteiger partial charge in [-0.15, -0.1) is 0 Å². The number of aromatic nitrogens is 1. The Balaban J connectivity index is 2.01. The van der Waals surface area contributed by atoms with E-state index in [-0.39, 0.29) is 11.7 Å². The lowest BCUT2D eigenvalue weighted by Crippen LogP contribution is -1.94. The van der Waals surface area contributed by atoms with E-state index in [4.69, 9.17) is 0 Å². The molecule has 2 aromatic rings. The van der Waals surface area contributed by atoms with Gasteiger partial charge in [-0.25, -0.2) is 4.99 Å². The lowest BCUT2D eigenvalue weighted by atomic mass is 10.0. The van der Waals surface area contributed by atoms with E-state index in [0.29, 0.717) is 11.1 Å². The van der Waals surface area contributed by atoms with Crippen molar-refractivity contribution in [3.8, 4) is 11.1 Å². The van der Waals surface area contributed by atoms with Gasteiger partial charge in [0.15, 0.2) is 0 Å². The van der Waals surface area contributed by atoms with Crippen LogP contribution < -0.4 is 0 Å². The summed E-state index contributed by atoms with van der Waals surface area (Å²) in [6, 6.07) is 8.27. The maximum atomic E-state index is 11.5. The minimum absolute atomic E-state index is 0.204. The van der Waals surface area contributed by atoms with Gasteiger partial charge in [-0.2, -0.15) is 0 Å². The Morgan fingerprint density at radius 1 is 1.11 bits per heavy atom. The Morgan fingerprint density at radius 3 is 2.58 bits per heavy atom. The smallest absolute Gasteiger partial charge is 0.358 e. The summed E-state index contributed by atoms with van der Waals surface area (Å²) in [6.45, 7) is 0. The van der Waals surface area contributed by atoms with E-state index < -0.39 is 4.92 Å². The number of carbonyl (C=O) groups is 1. The number of fused-ring (bicyclic) bond motifs is 1. The summed E-state index contributed by atoms with van der Waals surface area (Å²) in [5, 5.41) is 10.5. The fourth-order valence-electron chi connectivity index (χ4n) is 1.90. The highest BCUT2D eigenvalue weighted by Gasteiger charge is 2.16. The molecule has 1 aromatic heterocycles. The minimum atomic E-state index is -0.552. The first-order valence-corrected chi connectivity index (χ1v) is 5.48. The van der Waals surface area contributed by atoms with Crippen LogP contribution >= 0.6 is 0 Å². The van der Waals surface area contributed by atoms with Crippen LogP contribution in [0.2, 0.25) is 0 Å². The monoisotopic (exact) mass is 253 g/mol. The minimum Gasteiger partial charge on any atom is -0.358 e. The standard InChI is InChI=1S/C13H7N3O3/c17-13-11-5-8(1-2-10(11)7-15-13)9-3-4-12(14-6-9)16(18)19/h1-7H. The van der Waals surface area contributed by atoms with Gasteiger partial charge in [0.05, 0.1) is 5.56 Å². The normalized spacial score (nSPS) is 12.5. The molecule has 1 aliphatic heterocycles. The summed E-state index contributed by atoms with van der Waals surface area (Å²) >= 11 is 0. The molecule has 0 unspecified atom stereocenters. The van der Waals surface area contributed by atoms with Crippen molar-refractivity contribution in [2.24, 2.45) is 4.99 Å². The lowest BCUT2D eigenvalue weighted by Gasteiger charge is -2.02. The second-order valence-electron chi connectivity index (χ2n) is 4.03. The number of amides is 1. The second kappa shape index (κ2) is 4.09. The van der Waals surface area contributed by atoms with Gasteiger partial charge in [-0.1, -0.05) is 12.1 Å². The van der Waals surface area contributed by atoms with Gasteiger partial charge in [0.2, 0.25) is 0 Å². The van der Waals surface area contributed by atoms with Crippen LogP contribution in [-0.2, 0) is 0 Å². The predicted molar refractivity (Wildman–Crippen MR) is 68.3 cm³/mol. The third kappa shape index (κ3) is 1.89. The quantitative estimate of drug-likeness (QED) is 0.606. The van der Waals surface area contributed by atoms with Crippen LogP contribution in [0.15, 0.2) is 41.5 Å². The Hall–Kier alpha value is -2.89. The molecule has 0 atom stereocenters. The van der Waals surface area contributed by atoms with E-state index >= 15 is 0 Å². The van der Waals surface area contributed by atoms with E-state index in [2.05, 4.69) is 9.98 Å². The third-order valence-corrected chi connectivity index (χ3v) is 2.87. The van der Waals surface area contributed by atoms with E-state index in [9.17, 15) is 14.9 Å². The molecule has 6 heteroatoms. The van der Waals surface area contributed by atoms with Crippen LogP contribution in [0.3, 0.4) is 0 Å².